The van der Waals surface area contributed by atoms with Gasteiger partial charge in [0.1, 0.15) is 17.6 Å². The lowest BCUT2D eigenvalue weighted by Gasteiger charge is -2.27. The third-order valence-electron chi connectivity index (χ3n) is 3.39. The molecule has 0 aliphatic heterocycles. The van der Waals surface area contributed by atoms with Gasteiger partial charge in [-0.2, -0.15) is 5.26 Å². The van der Waals surface area contributed by atoms with E-state index in [0.29, 0.717) is 22.1 Å². The maximum Gasteiger partial charge on any atom is 0.142 e. The predicted molar refractivity (Wildman–Crippen MR) is 73.6 cm³/mol. The molecular formula is C14H17ClN2O2. The zero-order valence-corrected chi connectivity index (χ0v) is 11.6. The Bertz CT molecular complexity index is 491. The Morgan fingerprint density at radius 2 is 1.95 bits per heavy atom. The molecule has 0 saturated heterocycles. The monoisotopic (exact) mass is 280 g/mol. The minimum Gasteiger partial charge on any atom is -0.495 e. The molecule has 1 aliphatic rings. The van der Waals surface area contributed by atoms with E-state index >= 15 is 0 Å². The quantitative estimate of drug-likeness (QED) is 0.924. The van der Waals surface area contributed by atoms with E-state index < -0.39 is 0 Å². The van der Waals surface area contributed by atoms with Gasteiger partial charge in [-0.25, -0.2) is 0 Å². The molecule has 1 aliphatic carbocycles. The Labute approximate surface area is 118 Å². The van der Waals surface area contributed by atoms with Crippen LogP contribution in [0.5, 0.6) is 11.5 Å². The van der Waals surface area contributed by atoms with E-state index in [0.717, 1.165) is 25.7 Å². The van der Waals surface area contributed by atoms with Gasteiger partial charge in [0.15, 0.2) is 0 Å². The van der Waals surface area contributed by atoms with Crippen molar-refractivity contribution in [1.29, 1.82) is 5.26 Å². The van der Waals surface area contributed by atoms with Crippen molar-refractivity contribution in [2.24, 2.45) is 5.73 Å². The summed E-state index contributed by atoms with van der Waals surface area (Å²) in [6, 6.07) is 5.58. The molecule has 1 fully saturated rings. The topological polar surface area (TPSA) is 68.3 Å². The number of benzene rings is 1. The van der Waals surface area contributed by atoms with Crippen LogP contribution in [0.4, 0.5) is 0 Å². The lowest BCUT2D eigenvalue weighted by molar-refractivity contribution is 0.147. The number of hydrogen-bond acceptors (Lipinski definition) is 4. The van der Waals surface area contributed by atoms with Crippen molar-refractivity contribution in [2.45, 2.75) is 37.8 Å². The highest BCUT2D eigenvalue weighted by molar-refractivity contribution is 6.32. The van der Waals surface area contributed by atoms with Crippen molar-refractivity contribution in [2.75, 3.05) is 7.11 Å². The van der Waals surface area contributed by atoms with Crippen molar-refractivity contribution in [3.63, 3.8) is 0 Å². The number of nitrogens with zero attached hydrogens (tertiary/aromatic N) is 1. The molecule has 0 unspecified atom stereocenters. The number of ether oxygens (including phenoxy) is 2. The molecule has 0 amide bonds. The van der Waals surface area contributed by atoms with Crippen LogP contribution >= 0.6 is 11.6 Å². The van der Waals surface area contributed by atoms with Gasteiger partial charge in [-0.05, 0) is 31.7 Å². The minimum absolute atomic E-state index is 0.134. The summed E-state index contributed by atoms with van der Waals surface area (Å²) in [5.74, 6) is 1.05. The fraction of sp³-hybridized carbons (Fsp3) is 0.500. The van der Waals surface area contributed by atoms with Gasteiger partial charge in [0.2, 0.25) is 0 Å². The normalized spacial score (nSPS) is 22.6. The average molecular weight is 281 g/mol. The first-order chi connectivity index (χ1) is 9.13. The van der Waals surface area contributed by atoms with Gasteiger partial charge in [-0.15, -0.1) is 0 Å². The standard InChI is InChI=1S/C14H17ClN2O2/c1-18-13-7-14(12(15)6-9(13)8-16)19-11-4-2-10(17)3-5-11/h6-7,10-11H,2-5,17H2,1H3. The summed E-state index contributed by atoms with van der Waals surface area (Å²) in [4.78, 5) is 0. The molecule has 102 valence electrons. The van der Waals surface area contributed by atoms with E-state index in [-0.39, 0.29) is 12.1 Å². The molecule has 1 aromatic rings. The number of nitriles is 1. The maximum atomic E-state index is 8.97. The summed E-state index contributed by atoms with van der Waals surface area (Å²) in [6.45, 7) is 0. The highest BCUT2D eigenvalue weighted by Crippen LogP contribution is 2.34. The van der Waals surface area contributed by atoms with Crippen molar-refractivity contribution >= 4 is 11.6 Å². The zero-order chi connectivity index (χ0) is 13.8. The fourth-order valence-corrected chi connectivity index (χ4v) is 2.48. The SMILES string of the molecule is COc1cc(OC2CCC(N)CC2)c(Cl)cc1C#N. The molecule has 0 heterocycles. The van der Waals surface area contributed by atoms with Crippen molar-refractivity contribution in [1.82, 2.24) is 0 Å². The second-order valence-corrected chi connectivity index (χ2v) is 5.16. The maximum absolute atomic E-state index is 8.97. The van der Waals surface area contributed by atoms with Gasteiger partial charge >= 0.3 is 0 Å². The van der Waals surface area contributed by atoms with Gasteiger partial charge < -0.3 is 15.2 Å². The molecule has 1 saturated carbocycles. The number of nitrogens with two attached hydrogens (primary N) is 1. The first kappa shape index (κ1) is 14.0. The van der Waals surface area contributed by atoms with E-state index in [1.54, 1.807) is 12.1 Å². The average Bonchev–Trinajstić information content (AvgIpc) is 2.43. The van der Waals surface area contributed by atoms with Crippen LogP contribution in [0.2, 0.25) is 5.02 Å². The number of halogens is 1. The zero-order valence-electron chi connectivity index (χ0n) is 10.9. The fourth-order valence-electron chi connectivity index (χ4n) is 2.27. The molecule has 0 radical (unpaired) electrons. The van der Waals surface area contributed by atoms with E-state index in [1.807, 2.05) is 6.07 Å². The van der Waals surface area contributed by atoms with E-state index in [2.05, 4.69) is 0 Å². The summed E-state index contributed by atoms with van der Waals surface area (Å²) in [7, 11) is 1.52. The molecule has 2 rings (SSSR count). The van der Waals surface area contributed by atoms with Crippen LogP contribution in [-0.2, 0) is 0 Å². The molecule has 2 N–H and O–H groups in total. The van der Waals surface area contributed by atoms with Crippen LogP contribution in [0.3, 0.4) is 0 Å². The summed E-state index contributed by atoms with van der Waals surface area (Å²) < 4.78 is 11.1. The second-order valence-electron chi connectivity index (χ2n) is 4.75. The summed E-state index contributed by atoms with van der Waals surface area (Å²) in [5, 5.41) is 9.41. The van der Waals surface area contributed by atoms with E-state index in [9.17, 15) is 0 Å². The smallest absolute Gasteiger partial charge is 0.142 e. The van der Waals surface area contributed by atoms with Crippen LogP contribution in [0.25, 0.3) is 0 Å². The number of methoxy groups -OCH3 is 1. The van der Waals surface area contributed by atoms with Gasteiger partial charge in [-0.1, -0.05) is 11.6 Å². The molecule has 0 aromatic heterocycles. The molecule has 0 spiro atoms. The minimum atomic E-state index is 0.134. The van der Waals surface area contributed by atoms with Crippen molar-refractivity contribution < 1.29 is 9.47 Å². The molecule has 4 nitrogen and oxygen atoms in total. The van der Waals surface area contributed by atoms with Crippen LogP contribution in [-0.4, -0.2) is 19.3 Å². The first-order valence-electron chi connectivity index (χ1n) is 6.34. The highest BCUT2D eigenvalue weighted by Gasteiger charge is 2.21. The number of rotatable bonds is 3. The van der Waals surface area contributed by atoms with Crippen LogP contribution in [0, 0.1) is 11.3 Å². The lowest BCUT2D eigenvalue weighted by atomic mass is 9.94. The van der Waals surface area contributed by atoms with Crippen LogP contribution in [0.1, 0.15) is 31.2 Å². The van der Waals surface area contributed by atoms with Crippen LogP contribution in [0.15, 0.2) is 12.1 Å². The Hall–Kier alpha value is -1.44. The molecule has 1 aromatic carbocycles. The second kappa shape index (κ2) is 6.14. The molecule has 0 atom stereocenters. The largest absolute Gasteiger partial charge is 0.495 e. The van der Waals surface area contributed by atoms with E-state index in [4.69, 9.17) is 32.1 Å². The predicted octanol–water partition coefficient (Wildman–Crippen LogP) is 2.87. The van der Waals surface area contributed by atoms with Gasteiger partial charge in [-0.3, -0.25) is 0 Å². The third kappa shape index (κ3) is 3.31. The van der Waals surface area contributed by atoms with Crippen molar-refractivity contribution in [3.8, 4) is 17.6 Å². The molecular weight excluding hydrogens is 264 g/mol. The Morgan fingerprint density at radius 1 is 1.26 bits per heavy atom. The third-order valence-corrected chi connectivity index (χ3v) is 3.68. The number of hydrogen-bond donors (Lipinski definition) is 1. The Kier molecular flexibility index (Phi) is 4.52. The van der Waals surface area contributed by atoms with Gasteiger partial charge in [0.25, 0.3) is 0 Å². The van der Waals surface area contributed by atoms with Gasteiger partial charge in [0.05, 0.1) is 23.8 Å². The van der Waals surface area contributed by atoms with E-state index in [1.165, 1.54) is 7.11 Å². The molecule has 5 heteroatoms. The van der Waals surface area contributed by atoms with Crippen LogP contribution < -0.4 is 15.2 Å². The Morgan fingerprint density at radius 3 is 2.53 bits per heavy atom. The van der Waals surface area contributed by atoms with Crippen molar-refractivity contribution in [3.05, 3.63) is 22.7 Å². The van der Waals surface area contributed by atoms with Gasteiger partial charge in [0, 0.05) is 12.1 Å². The first-order valence-corrected chi connectivity index (χ1v) is 6.71. The Balaban J connectivity index is 2.14. The summed E-state index contributed by atoms with van der Waals surface area (Å²) >= 11 is 6.13. The lowest BCUT2D eigenvalue weighted by Crippen LogP contribution is -2.31. The summed E-state index contributed by atoms with van der Waals surface area (Å²) in [5.41, 5.74) is 6.27. The molecule has 19 heavy (non-hydrogen) atoms. The summed E-state index contributed by atoms with van der Waals surface area (Å²) in [6.07, 6.45) is 3.93. The molecule has 0 bridgehead atoms. The highest BCUT2D eigenvalue weighted by atomic mass is 35.5.